The first kappa shape index (κ1) is 20.2. The van der Waals surface area contributed by atoms with Gasteiger partial charge in [-0.25, -0.2) is 0 Å². The zero-order valence-electron chi connectivity index (χ0n) is 16.7. The summed E-state index contributed by atoms with van der Waals surface area (Å²) in [6.45, 7) is 6.74. The molecular weight excluding hydrogens is 355 g/mol. The van der Waals surface area contributed by atoms with Gasteiger partial charge in [-0.2, -0.15) is 0 Å². The summed E-state index contributed by atoms with van der Waals surface area (Å²) in [5.74, 6) is 1.38. The van der Waals surface area contributed by atoms with Gasteiger partial charge in [-0.3, -0.25) is 0 Å². The maximum Gasteiger partial charge on any atom is 0.460 e. The van der Waals surface area contributed by atoms with Gasteiger partial charge in [0.25, 0.3) is 0 Å². The van der Waals surface area contributed by atoms with Crippen molar-refractivity contribution >= 4 is 8.60 Å². The molecule has 4 bridgehead atoms. The Morgan fingerprint density at radius 1 is 0.852 bits per heavy atom. The van der Waals surface area contributed by atoms with Crippen LogP contribution in [0.4, 0.5) is 0 Å². The zero-order valence-corrected chi connectivity index (χ0v) is 17.6. The van der Waals surface area contributed by atoms with Crippen molar-refractivity contribution < 1.29 is 13.9 Å². The van der Waals surface area contributed by atoms with Crippen molar-refractivity contribution in [2.75, 3.05) is 0 Å². The molecule has 27 heavy (non-hydrogen) atoms. The van der Waals surface area contributed by atoms with Gasteiger partial charge in [0, 0.05) is 5.41 Å². The van der Waals surface area contributed by atoms with Gasteiger partial charge in [0.15, 0.2) is 0 Å². The molecule has 0 aliphatic carbocycles. The van der Waals surface area contributed by atoms with Crippen LogP contribution in [0.15, 0.2) is 42.5 Å². The molecule has 0 saturated heterocycles. The summed E-state index contributed by atoms with van der Waals surface area (Å²) in [7, 11) is -1.99. The summed E-state index contributed by atoms with van der Waals surface area (Å²) in [4.78, 5) is 10.3. The van der Waals surface area contributed by atoms with Gasteiger partial charge in [-0.05, 0) is 47.7 Å². The van der Waals surface area contributed by atoms with Crippen LogP contribution in [0, 0.1) is 0 Å². The second-order valence-electron chi connectivity index (χ2n) is 7.91. The van der Waals surface area contributed by atoms with E-state index in [1.807, 2.05) is 18.2 Å². The molecule has 4 aliphatic rings. The summed E-state index contributed by atoms with van der Waals surface area (Å²) < 4.78 is 11.4. The van der Waals surface area contributed by atoms with E-state index in [9.17, 15) is 4.89 Å². The second-order valence-corrected chi connectivity index (χ2v) is 8.75. The molecule has 4 heteroatoms. The van der Waals surface area contributed by atoms with E-state index in [0.29, 0.717) is 5.75 Å². The predicted octanol–water partition coefficient (Wildman–Crippen LogP) is 6.91. The molecule has 0 amide bonds. The molecule has 0 spiro atoms. The van der Waals surface area contributed by atoms with Crippen LogP contribution in [0.25, 0.3) is 0 Å². The van der Waals surface area contributed by atoms with Crippen LogP contribution in [0.1, 0.15) is 76.0 Å². The fourth-order valence-corrected chi connectivity index (χ4v) is 4.33. The van der Waals surface area contributed by atoms with Crippen LogP contribution in [0.5, 0.6) is 11.5 Å². The Hall–Kier alpha value is -1.57. The van der Waals surface area contributed by atoms with Crippen LogP contribution >= 0.6 is 8.60 Å². The summed E-state index contributed by atoms with van der Waals surface area (Å²) in [6.07, 6.45) is 8.54. The van der Waals surface area contributed by atoms with Crippen LogP contribution < -0.4 is 9.05 Å². The van der Waals surface area contributed by atoms with Crippen molar-refractivity contribution in [3.05, 3.63) is 59.2 Å². The average molecular weight is 386 g/mol. The molecule has 0 radical (unpaired) electrons. The van der Waals surface area contributed by atoms with Gasteiger partial charge in [0.05, 0.1) is 0 Å². The smallest absolute Gasteiger partial charge is 0.418 e. The molecule has 4 aliphatic heterocycles. The molecule has 0 fully saturated rings. The number of rotatable bonds is 7. The SMILES string of the molecule is CCCCCCCCc1cc2ccc1OP(O)Oc1ccc(cc1)C2(C)C. The van der Waals surface area contributed by atoms with Crippen LogP contribution in [0.3, 0.4) is 0 Å². The summed E-state index contributed by atoms with van der Waals surface area (Å²) >= 11 is 0. The number of unbranched alkanes of at least 4 members (excludes halogenated alkanes) is 5. The molecule has 1 unspecified atom stereocenters. The largest absolute Gasteiger partial charge is 0.460 e. The minimum atomic E-state index is -1.99. The highest BCUT2D eigenvalue weighted by molar-refractivity contribution is 7.41. The highest BCUT2D eigenvalue weighted by Gasteiger charge is 2.26. The van der Waals surface area contributed by atoms with E-state index in [2.05, 4.69) is 45.0 Å². The Morgan fingerprint density at radius 2 is 1.52 bits per heavy atom. The minimum Gasteiger partial charge on any atom is -0.418 e. The maximum absolute atomic E-state index is 10.3. The first-order chi connectivity index (χ1) is 13.0. The van der Waals surface area contributed by atoms with Gasteiger partial charge in [-0.15, -0.1) is 0 Å². The Morgan fingerprint density at radius 3 is 2.26 bits per heavy atom. The van der Waals surface area contributed by atoms with Gasteiger partial charge < -0.3 is 13.9 Å². The van der Waals surface area contributed by atoms with E-state index in [1.54, 1.807) is 0 Å². The monoisotopic (exact) mass is 386 g/mol. The maximum atomic E-state index is 10.3. The summed E-state index contributed by atoms with van der Waals surface area (Å²) in [5, 5.41) is 0. The molecule has 4 heterocycles. The molecule has 1 atom stereocenters. The lowest BCUT2D eigenvalue weighted by Crippen LogP contribution is -2.19. The highest BCUT2D eigenvalue weighted by atomic mass is 31.2. The fourth-order valence-electron chi connectivity index (χ4n) is 3.64. The van der Waals surface area contributed by atoms with Crippen molar-refractivity contribution in [2.45, 2.75) is 71.1 Å². The van der Waals surface area contributed by atoms with Gasteiger partial charge in [0.1, 0.15) is 11.5 Å². The lowest BCUT2D eigenvalue weighted by molar-refractivity contribution is 0.379. The van der Waals surface area contributed by atoms with E-state index in [4.69, 9.17) is 9.05 Å². The normalized spacial score (nSPS) is 17.7. The topological polar surface area (TPSA) is 38.7 Å². The number of benzene rings is 2. The van der Waals surface area contributed by atoms with Gasteiger partial charge in [-0.1, -0.05) is 77.1 Å². The third kappa shape index (κ3) is 5.03. The fraction of sp³-hybridized carbons (Fsp3) is 0.478. The van der Waals surface area contributed by atoms with E-state index >= 15 is 0 Å². The van der Waals surface area contributed by atoms with Crippen LogP contribution in [0.2, 0.25) is 0 Å². The molecule has 0 aromatic heterocycles. The van der Waals surface area contributed by atoms with E-state index in [0.717, 1.165) is 24.2 Å². The Balaban J connectivity index is 1.84. The first-order valence-corrected chi connectivity index (χ1v) is 11.2. The molecule has 1 N–H and O–H groups in total. The Bertz CT molecular complexity index is 740. The number of hydrogen-bond donors (Lipinski definition) is 1. The molecular formula is C23H31O3P. The summed E-state index contributed by atoms with van der Waals surface area (Å²) in [6, 6.07) is 14.3. The lowest BCUT2D eigenvalue weighted by atomic mass is 9.77. The number of hydrogen-bond acceptors (Lipinski definition) is 3. The van der Waals surface area contributed by atoms with Crippen molar-refractivity contribution in [1.82, 2.24) is 0 Å². The van der Waals surface area contributed by atoms with E-state index in [1.165, 1.54) is 43.2 Å². The average Bonchev–Trinajstić information content (AvgIpc) is 2.65. The van der Waals surface area contributed by atoms with Gasteiger partial charge >= 0.3 is 8.60 Å². The first-order valence-electron chi connectivity index (χ1n) is 10.1. The highest BCUT2D eigenvalue weighted by Crippen LogP contribution is 2.42. The van der Waals surface area contributed by atoms with Crippen LogP contribution in [-0.2, 0) is 11.8 Å². The Labute approximate surface area is 164 Å². The Kier molecular flexibility index (Phi) is 6.78. The van der Waals surface area contributed by atoms with E-state index in [-0.39, 0.29) is 5.41 Å². The molecule has 0 saturated carbocycles. The quantitative estimate of drug-likeness (QED) is 0.415. The second kappa shape index (κ2) is 9.08. The van der Waals surface area contributed by atoms with Gasteiger partial charge in [0.2, 0.25) is 0 Å². The minimum absolute atomic E-state index is 0.101. The van der Waals surface area contributed by atoms with E-state index < -0.39 is 8.60 Å². The third-order valence-electron chi connectivity index (χ3n) is 5.52. The molecule has 2 aromatic rings. The lowest BCUT2D eigenvalue weighted by Gasteiger charge is -2.28. The third-order valence-corrected chi connectivity index (χ3v) is 6.24. The van der Waals surface area contributed by atoms with Crippen molar-refractivity contribution in [1.29, 1.82) is 0 Å². The molecule has 6 rings (SSSR count). The van der Waals surface area contributed by atoms with Crippen LogP contribution in [-0.4, -0.2) is 4.89 Å². The molecule has 3 nitrogen and oxygen atoms in total. The standard InChI is InChI=1S/C23H31O3P/c1-4-5-6-7-8-9-10-18-17-20-13-16-22(18)26-27(24)25-21-14-11-19(12-15-21)23(20,2)3/h11-17,24H,4-10H2,1-3H3. The molecule has 146 valence electrons. The number of aryl methyl sites for hydroxylation is 1. The molecule has 2 aromatic carbocycles. The predicted molar refractivity (Wildman–Crippen MR) is 112 cm³/mol. The van der Waals surface area contributed by atoms with Crippen molar-refractivity contribution in [3.8, 4) is 11.5 Å². The zero-order chi connectivity index (χ0) is 19.3. The van der Waals surface area contributed by atoms with Crippen molar-refractivity contribution in [2.24, 2.45) is 0 Å². The summed E-state index contributed by atoms with van der Waals surface area (Å²) in [5.41, 5.74) is 3.57. The van der Waals surface area contributed by atoms with Crippen molar-refractivity contribution in [3.63, 3.8) is 0 Å².